The topological polar surface area (TPSA) is 36.8 Å². The molecule has 0 bridgehead atoms. The molecule has 0 aromatic rings. The summed E-state index contributed by atoms with van der Waals surface area (Å²) in [6, 6.07) is 0. The predicted molar refractivity (Wildman–Crippen MR) is 96.1 cm³/mol. The Morgan fingerprint density at radius 3 is 2.57 bits per heavy atom. The summed E-state index contributed by atoms with van der Waals surface area (Å²) >= 11 is 0. The van der Waals surface area contributed by atoms with E-state index >= 15 is 0 Å². The molecule has 1 N–H and O–H groups in total. The maximum Gasteiger partial charge on any atom is 0.0851 e. The molecule has 3 heteroatoms. The van der Waals surface area contributed by atoms with E-state index in [4.69, 9.17) is 0 Å². The molecule has 0 amide bonds. The van der Waals surface area contributed by atoms with E-state index in [1.807, 2.05) is 39.2 Å². The summed E-state index contributed by atoms with van der Waals surface area (Å²) in [6.45, 7) is 10.1. The summed E-state index contributed by atoms with van der Waals surface area (Å²) < 4.78 is 0. The number of nitrogens with zero attached hydrogens (tertiary/aromatic N) is 2. The van der Waals surface area contributed by atoms with E-state index < -0.39 is 0 Å². The molecular formula is C18H27N3. The Morgan fingerprint density at radius 2 is 2.05 bits per heavy atom. The number of aliphatic imine (C=N–C) groups is 2. The molecule has 0 spiro atoms. The summed E-state index contributed by atoms with van der Waals surface area (Å²) in [5, 5.41) is 3.04. The Labute approximate surface area is 129 Å². The van der Waals surface area contributed by atoms with Crippen molar-refractivity contribution in [3.63, 3.8) is 0 Å². The molecule has 0 atom stereocenters. The average Bonchev–Trinajstić information content (AvgIpc) is 2.46. The monoisotopic (exact) mass is 285 g/mol. The molecule has 0 aliphatic heterocycles. The van der Waals surface area contributed by atoms with Gasteiger partial charge in [0.25, 0.3) is 0 Å². The van der Waals surface area contributed by atoms with Gasteiger partial charge in [-0.2, -0.15) is 0 Å². The summed E-state index contributed by atoms with van der Waals surface area (Å²) in [5.74, 6) is 0. The fourth-order valence-corrected chi connectivity index (χ4v) is 1.63. The summed E-state index contributed by atoms with van der Waals surface area (Å²) in [5.41, 5.74) is 4.05. The van der Waals surface area contributed by atoms with Crippen LogP contribution in [0, 0.1) is 0 Å². The van der Waals surface area contributed by atoms with Crippen molar-refractivity contribution >= 4 is 12.4 Å². The summed E-state index contributed by atoms with van der Waals surface area (Å²) in [6.07, 6.45) is 14.5. The molecular weight excluding hydrogens is 258 g/mol. The van der Waals surface area contributed by atoms with E-state index in [2.05, 4.69) is 41.0 Å². The first-order valence-electron chi connectivity index (χ1n) is 7.13. The molecule has 0 fully saturated rings. The SMILES string of the molecule is C=C(/C=C\C=NC)/C(C)=C/C(=C\CC)C(=C/NC)/N=CC. The first-order valence-corrected chi connectivity index (χ1v) is 7.13. The second kappa shape index (κ2) is 11.6. The lowest BCUT2D eigenvalue weighted by Crippen LogP contribution is -1.98. The van der Waals surface area contributed by atoms with E-state index in [0.29, 0.717) is 0 Å². The van der Waals surface area contributed by atoms with Crippen LogP contribution in [0.2, 0.25) is 0 Å². The molecule has 0 unspecified atom stereocenters. The Hall–Kier alpha value is -2.16. The van der Waals surface area contributed by atoms with Crippen LogP contribution in [-0.2, 0) is 0 Å². The van der Waals surface area contributed by atoms with Gasteiger partial charge in [-0.15, -0.1) is 0 Å². The maximum atomic E-state index is 4.41. The minimum Gasteiger partial charge on any atom is -0.392 e. The highest BCUT2D eigenvalue weighted by atomic mass is 14.8. The maximum absolute atomic E-state index is 4.41. The largest absolute Gasteiger partial charge is 0.392 e. The van der Waals surface area contributed by atoms with Crippen LogP contribution in [0.5, 0.6) is 0 Å². The Bertz CT molecular complexity index is 501. The zero-order chi connectivity index (χ0) is 16.1. The molecule has 0 aromatic heterocycles. The quantitative estimate of drug-likeness (QED) is 0.526. The van der Waals surface area contributed by atoms with Crippen LogP contribution in [0.4, 0.5) is 0 Å². The van der Waals surface area contributed by atoms with Crippen LogP contribution < -0.4 is 5.32 Å². The molecule has 114 valence electrons. The summed E-state index contributed by atoms with van der Waals surface area (Å²) in [7, 11) is 3.62. The van der Waals surface area contributed by atoms with Crippen molar-refractivity contribution in [3.8, 4) is 0 Å². The van der Waals surface area contributed by atoms with E-state index in [1.54, 1.807) is 19.5 Å². The molecule has 3 nitrogen and oxygen atoms in total. The van der Waals surface area contributed by atoms with Gasteiger partial charge < -0.3 is 5.32 Å². The van der Waals surface area contributed by atoms with Crippen LogP contribution in [0.15, 0.2) is 69.5 Å². The molecule has 0 aliphatic carbocycles. The molecule has 0 saturated carbocycles. The van der Waals surface area contributed by atoms with Gasteiger partial charge in [-0.25, -0.2) is 0 Å². The standard InChI is InChI=1S/C18H27N3/c1-7-10-17(18(14-20-6)21-8-2)13-16(4)15(3)11-9-12-19-5/h8-14,20H,3,7H2,1-2,4-6H3/b11-9-,16-13+,17-10+,18-14-,19-12?,21-8?. The highest BCUT2D eigenvalue weighted by molar-refractivity contribution is 5.72. The lowest BCUT2D eigenvalue weighted by atomic mass is 10.0. The minimum atomic E-state index is 0.910. The molecule has 0 saturated heterocycles. The van der Waals surface area contributed by atoms with Crippen molar-refractivity contribution in [2.24, 2.45) is 9.98 Å². The van der Waals surface area contributed by atoms with E-state index in [9.17, 15) is 0 Å². The van der Waals surface area contributed by atoms with Gasteiger partial charge in [0.2, 0.25) is 0 Å². The zero-order valence-electron chi connectivity index (χ0n) is 13.9. The van der Waals surface area contributed by atoms with Crippen molar-refractivity contribution in [2.45, 2.75) is 27.2 Å². The third kappa shape index (κ3) is 7.88. The summed E-state index contributed by atoms with van der Waals surface area (Å²) in [4.78, 5) is 8.33. The lowest BCUT2D eigenvalue weighted by molar-refractivity contribution is 1.06. The van der Waals surface area contributed by atoms with Crippen LogP contribution in [0.25, 0.3) is 0 Å². The van der Waals surface area contributed by atoms with Crippen molar-refractivity contribution in [2.75, 3.05) is 14.1 Å². The van der Waals surface area contributed by atoms with Gasteiger partial charge in [-0.05, 0) is 49.1 Å². The smallest absolute Gasteiger partial charge is 0.0851 e. The number of nitrogens with one attached hydrogen (secondary N) is 1. The first kappa shape index (κ1) is 18.8. The van der Waals surface area contributed by atoms with E-state index in [1.165, 1.54) is 0 Å². The van der Waals surface area contributed by atoms with Crippen molar-refractivity contribution in [1.82, 2.24) is 5.32 Å². The van der Waals surface area contributed by atoms with E-state index in [0.717, 1.165) is 28.8 Å². The normalized spacial score (nSPS) is 14.6. The van der Waals surface area contributed by atoms with Gasteiger partial charge >= 0.3 is 0 Å². The van der Waals surface area contributed by atoms with Gasteiger partial charge in [-0.1, -0.05) is 25.7 Å². The van der Waals surface area contributed by atoms with Crippen LogP contribution in [0.1, 0.15) is 27.2 Å². The van der Waals surface area contributed by atoms with Crippen LogP contribution >= 0.6 is 0 Å². The lowest BCUT2D eigenvalue weighted by Gasteiger charge is -2.07. The molecule has 0 aliphatic rings. The van der Waals surface area contributed by atoms with Gasteiger partial charge in [0.1, 0.15) is 0 Å². The highest BCUT2D eigenvalue weighted by Crippen LogP contribution is 2.19. The first-order chi connectivity index (χ1) is 10.1. The number of allylic oxidation sites excluding steroid dienone is 6. The van der Waals surface area contributed by atoms with Crippen molar-refractivity contribution < 1.29 is 0 Å². The molecule has 0 radical (unpaired) electrons. The third-order valence-electron chi connectivity index (χ3n) is 2.68. The van der Waals surface area contributed by atoms with Gasteiger partial charge in [-0.3, -0.25) is 9.98 Å². The Balaban J connectivity index is 5.41. The van der Waals surface area contributed by atoms with Crippen LogP contribution in [-0.4, -0.2) is 26.5 Å². The second-order valence-corrected chi connectivity index (χ2v) is 4.39. The Morgan fingerprint density at radius 1 is 1.33 bits per heavy atom. The zero-order valence-corrected chi connectivity index (χ0v) is 13.9. The minimum absolute atomic E-state index is 0.910. The fraction of sp³-hybridized carbons (Fsp3) is 0.333. The van der Waals surface area contributed by atoms with Crippen LogP contribution in [0.3, 0.4) is 0 Å². The molecule has 0 rings (SSSR count). The van der Waals surface area contributed by atoms with Crippen molar-refractivity contribution in [3.05, 3.63) is 59.5 Å². The molecule has 0 heterocycles. The second-order valence-electron chi connectivity index (χ2n) is 4.39. The number of rotatable bonds is 8. The average molecular weight is 285 g/mol. The predicted octanol–water partition coefficient (Wildman–Crippen LogP) is 4.23. The third-order valence-corrected chi connectivity index (χ3v) is 2.68. The van der Waals surface area contributed by atoms with Gasteiger partial charge in [0.05, 0.1) is 5.70 Å². The van der Waals surface area contributed by atoms with Gasteiger partial charge in [0, 0.05) is 32.7 Å². The molecule has 0 aromatic carbocycles. The van der Waals surface area contributed by atoms with E-state index in [-0.39, 0.29) is 0 Å². The molecule has 21 heavy (non-hydrogen) atoms. The number of hydrogen-bond acceptors (Lipinski definition) is 3. The Kier molecular flexibility index (Phi) is 10.5. The van der Waals surface area contributed by atoms with Crippen molar-refractivity contribution in [1.29, 1.82) is 0 Å². The fourth-order valence-electron chi connectivity index (χ4n) is 1.63. The van der Waals surface area contributed by atoms with Gasteiger partial charge in [0.15, 0.2) is 0 Å². The highest BCUT2D eigenvalue weighted by Gasteiger charge is 2.02. The number of hydrogen-bond donors (Lipinski definition) is 1.